The highest BCUT2D eigenvalue weighted by molar-refractivity contribution is 6.37. The topological polar surface area (TPSA) is 51.1 Å². The zero-order valence-electron chi connectivity index (χ0n) is 22.5. The van der Waals surface area contributed by atoms with Crippen LogP contribution in [0.2, 0.25) is 10.0 Å². The van der Waals surface area contributed by atoms with Gasteiger partial charge in [-0.25, -0.2) is 0 Å². The minimum absolute atomic E-state index is 0.212. The Balaban J connectivity index is 1.56. The van der Waals surface area contributed by atoms with E-state index in [4.69, 9.17) is 37.8 Å². The van der Waals surface area contributed by atoms with Crippen molar-refractivity contribution in [3.63, 3.8) is 0 Å². The van der Waals surface area contributed by atoms with Crippen molar-refractivity contribution in [2.45, 2.75) is 20.0 Å². The van der Waals surface area contributed by atoms with Crippen molar-refractivity contribution in [3.8, 4) is 11.5 Å². The molecular formula is C34H28Cl2N2O3. The van der Waals surface area contributed by atoms with Crippen molar-refractivity contribution in [1.29, 1.82) is 0 Å². The molecule has 5 nitrogen and oxygen atoms in total. The molecule has 0 fully saturated rings. The second-order valence-corrected chi connectivity index (χ2v) is 10.1. The Bertz CT molecular complexity index is 1630. The van der Waals surface area contributed by atoms with Crippen LogP contribution in [0.4, 0.5) is 5.69 Å². The Morgan fingerprint density at radius 1 is 0.902 bits per heavy atom. The predicted octanol–water partition coefficient (Wildman–Crippen LogP) is 8.53. The van der Waals surface area contributed by atoms with Crippen LogP contribution in [0.25, 0.3) is 6.08 Å². The minimum Gasteiger partial charge on any atom is -0.490 e. The van der Waals surface area contributed by atoms with Crippen molar-refractivity contribution in [3.05, 3.63) is 142 Å². The largest absolute Gasteiger partial charge is 0.490 e. The molecule has 1 aliphatic rings. The number of carbonyl (C=O) groups excluding carboxylic acids is 1. The van der Waals surface area contributed by atoms with Crippen LogP contribution in [-0.2, 0) is 17.8 Å². The molecule has 1 aliphatic heterocycles. The van der Waals surface area contributed by atoms with Crippen LogP contribution >= 0.6 is 23.2 Å². The predicted molar refractivity (Wildman–Crippen MR) is 167 cm³/mol. The number of halogens is 2. The Kier molecular flexibility index (Phi) is 8.88. The molecular weight excluding hydrogens is 555 g/mol. The third-order valence-corrected chi connectivity index (χ3v) is 7.03. The van der Waals surface area contributed by atoms with E-state index in [1.807, 2.05) is 91.9 Å². The lowest BCUT2D eigenvalue weighted by molar-refractivity contribution is -0.114. The summed E-state index contributed by atoms with van der Waals surface area (Å²) in [5.41, 5.74) is 5.07. The van der Waals surface area contributed by atoms with Crippen LogP contribution in [0, 0.1) is 0 Å². The molecule has 0 aliphatic carbocycles. The fraction of sp³-hybridized carbons (Fsp3) is 0.118. The molecule has 7 heteroatoms. The van der Waals surface area contributed by atoms with Crippen LogP contribution < -0.4 is 14.5 Å². The molecule has 5 rings (SSSR count). The quantitative estimate of drug-likeness (QED) is 0.139. The second kappa shape index (κ2) is 12.9. The molecule has 0 spiro atoms. The summed E-state index contributed by atoms with van der Waals surface area (Å²) in [6, 6.07) is 28.3. The van der Waals surface area contributed by atoms with Crippen molar-refractivity contribution >= 4 is 46.6 Å². The molecule has 0 saturated heterocycles. The summed E-state index contributed by atoms with van der Waals surface area (Å²) in [6.45, 7) is 6.51. The van der Waals surface area contributed by atoms with E-state index >= 15 is 0 Å². The van der Waals surface area contributed by atoms with Crippen LogP contribution in [0.15, 0.2) is 114 Å². The van der Waals surface area contributed by atoms with Gasteiger partial charge in [0.05, 0.1) is 17.9 Å². The maximum atomic E-state index is 13.7. The first-order valence-corrected chi connectivity index (χ1v) is 14.0. The summed E-state index contributed by atoms with van der Waals surface area (Å²) in [6.07, 6.45) is 4.19. The third-order valence-electron chi connectivity index (χ3n) is 6.44. The van der Waals surface area contributed by atoms with Gasteiger partial charge in [0.15, 0.2) is 11.5 Å². The Hall–Kier alpha value is -4.32. The maximum Gasteiger partial charge on any atom is 0.281 e. The Morgan fingerprint density at radius 3 is 2.32 bits per heavy atom. The van der Waals surface area contributed by atoms with Gasteiger partial charge in [-0.1, -0.05) is 83.9 Å². The van der Waals surface area contributed by atoms with Crippen molar-refractivity contribution in [1.82, 2.24) is 0 Å². The molecule has 1 amide bonds. The summed E-state index contributed by atoms with van der Waals surface area (Å²) in [5, 5.41) is 7.26. The average molecular weight is 584 g/mol. The number of carbonyl (C=O) groups is 1. The monoisotopic (exact) mass is 582 g/mol. The van der Waals surface area contributed by atoms with Gasteiger partial charge < -0.3 is 9.47 Å². The number of para-hydroxylation sites is 1. The second-order valence-electron chi connectivity index (χ2n) is 9.28. The number of allylic oxidation sites excluding steroid dienone is 1. The molecule has 4 aromatic rings. The van der Waals surface area contributed by atoms with Gasteiger partial charge >= 0.3 is 0 Å². The van der Waals surface area contributed by atoms with Gasteiger partial charge in [0.2, 0.25) is 0 Å². The molecule has 0 unspecified atom stereocenters. The molecule has 0 N–H and O–H groups in total. The summed E-state index contributed by atoms with van der Waals surface area (Å²) in [7, 11) is 0. The normalized spacial score (nSPS) is 13.8. The number of ether oxygens (including phenoxy) is 2. The number of hydrogen-bond donors (Lipinski definition) is 0. The molecule has 0 aromatic heterocycles. The molecule has 0 radical (unpaired) electrons. The number of hydrazone groups is 1. The Morgan fingerprint density at radius 2 is 1.63 bits per heavy atom. The number of anilines is 1. The van der Waals surface area contributed by atoms with E-state index in [0.717, 1.165) is 22.3 Å². The van der Waals surface area contributed by atoms with Crippen LogP contribution in [-0.4, -0.2) is 18.2 Å². The molecule has 41 heavy (non-hydrogen) atoms. The molecule has 0 atom stereocenters. The zero-order chi connectivity index (χ0) is 28.8. The third kappa shape index (κ3) is 6.37. The van der Waals surface area contributed by atoms with Gasteiger partial charge in [0.25, 0.3) is 5.91 Å². The number of rotatable bonds is 10. The maximum absolute atomic E-state index is 13.7. The molecule has 206 valence electrons. The van der Waals surface area contributed by atoms with E-state index in [1.165, 1.54) is 5.01 Å². The average Bonchev–Trinajstić information content (AvgIpc) is 3.30. The van der Waals surface area contributed by atoms with Crippen molar-refractivity contribution in [2.75, 3.05) is 11.6 Å². The van der Waals surface area contributed by atoms with Crippen LogP contribution in [0.1, 0.15) is 29.2 Å². The molecule has 1 heterocycles. The highest BCUT2D eigenvalue weighted by atomic mass is 35.5. The lowest BCUT2D eigenvalue weighted by Crippen LogP contribution is -2.21. The van der Waals surface area contributed by atoms with Crippen molar-refractivity contribution in [2.24, 2.45) is 5.10 Å². The van der Waals surface area contributed by atoms with Gasteiger partial charge in [0.1, 0.15) is 12.3 Å². The number of benzene rings is 4. The smallest absolute Gasteiger partial charge is 0.281 e. The molecule has 0 bridgehead atoms. The van der Waals surface area contributed by atoms with Crippen LogP contribution in [0.3, 0.4) is 0 Å². The zero-order valence-corrected chi connectivity index (χ0v) is 24.0. The van der Waals surface area contributed by atoms with Gasteiger partial charge in [-0.2, -0.15) is 10.1 Å². The number of hydrogen-bond acceptors (Lipinski definition) is 4. The first-order chi connectivity index (χ1) is 20.0. The standard InChI is InChI=1S/C34H28Cl2N2O3/c1-3-11-25-18-23(20-31(40-4-2)33(25)41-22-26-16-17-27(35)21-30(26)36)19-29-32(24-12-7-5-8-13-24)37-38(34(29)39)28-14-9-6-10-15-28/h3,5-10,12-21H,1,4,11,22H2,2H3/b29-19-. The van der Waals surface area contributed by atoms with E-state index in [0.29, 0.717) is 51.5 Å². The highest BCUT2D eigenvalue weighted by Gasteiger charge is 2.32. The first kappa shape index (κ1) is 28.2. The van der Waals surface area contributed by atoms with E-state index in [2.05, 4.69) is 6.58 Å². The SMILES string of the molecule is C=CCc1cc(/C=C2\C(=O)N(c3ccccc3)N=C2c2ccccc2)cc(OCC)c1OCc1ccc(Cl)cc1Cl. The Labute approximate surface area is 249 Å². The summed E-state index contributed by atoms with van der Waals surface area (Å²) in [4.78, 5) is 13.7. The molecule has 0 saturated carbocycles. The van der Waals surface area contributed by atoms with Gasteiger partial charge in [-0.15, -0.1) is 6.58 Å². The van der Waals surface area contributed by atoms with Gasteiger partial charge in [0, 0.05) is 26.7 Å². The molecule has 4 aromatic carbocycles. The fourth-order valence-corrected chi connectivity index (χ4v) is 5.02. The lowest BCUT2D eigenvalue weighted by Gasteiger charge is -2.17. The number of nitrogens with zero attached hydrogens (tertiary/aromatic N) is 2. The van der Waals surface area contributed by atoms with E-state index in [-0.39, 0.29) is 12.5 Å². The minimum atomic E-state index is -0.212. The van der Waals surface area contributed by atoms with Gasteiger partial charge in [-0.05, 0) is 61.4 Å². The summed E-state index contributed by atoms with van der Waals surface area (Å²) in [5.74, 6) is 0.948. The van der Waals surface area contributed by atoms with Gasteiger partial charge in [-0.3, -0.25) is 4.79 Å². The van der Waals surface area contributed by atoms with Crippen molar-refractivity contribution < 1.29 is 14.3 Å². The lowest BCUT2D eigenvalue weighted by atomic mass is 9.98. The first-order valence-electron chi connectivity index (χ1n) is 13.2. The van der Waals surface area contributed by atoms with E-state index in [9.17, 15) is 4.79 Å². The fourth-order valence-electron chi connectivity index (χ4n) is 4.55. The number of amides is 1. The van der Waals surface area contributed by atoms with Crippen LogP contribution in [0.5, 0.6) is 11.5 Å². The van der Waals surface area contributed by atoms with E-state index in [1.54, 1.807) is 18.2 Å². The summed E-state index contributed by atoms with van der Waals surface area (Å²) >= 11 is 12.4. The highest BCUT2D eigenvalue weighted by Crippen LogP contribution is 2.37. The summed E-state index contributed by atoms with van der Waals surface area (Å²) < 4.78 is 12.3. The van der Waals surface area contributed by atoms with E-state index < -0.39 is 0 Å².